The summed E-state index contributed by atoms with van der Waals surface area (Å²) in [6, 6.07) is 8.25. The SMILES string of the molecule is CCNCC(C)=Cc1ccc(OCCN(C)C)cc1. The van der Waals surface area contributed by atoms with Gasteiger partial charge in [-0.25, -0.2) is 0 Å². The van der Waals surface area contributed by atoms with Crippen LogP contribution in [-0.4, -0.2) is 45.2 Å². The molecular formula is C16H26N2O. The zero-order valence-corrected chi connectivity index (χ0v) is 12.6. The summed E-state index contributed by atoms with van der Waals surface area (Å²) in [4.78, 5) is 2.11. The number of likely N-dealkylation sites (N-methyl/N-ethyl adjacent to an activating group) is 2. The molecule has 1 aromatic rings. The molecule has 106 valence electrons. The first kappa shape index (κ1) is 15.7. The maximum Gasteiger partial charge on any atom is 0.119 e. The Bertz CT molecular complexity index is 382. The van der Waals surface area contributed by atoms with E-state index in [1.807, 2.05) is 26.2 Å². The van der Waals surface area contributed by atoms with Gasteiger partial charge in [-0.3, -0.25) is 0 Å². The first-order chi connectivity index (χ1) is 9.11. The summed E-state index contributed by atoms with van der Waals surface area (Å²) in [7, 11) is 4.09. The molecule has 0 fully saturated rings. The summed E-state index contributed by atoms with van der Waals surface area (Å²) in [6.07, 6.45) is 2.20. The lowest BCUT2D eigenvalue weighted by Crippen LogP contribution is -2.19. The minimum Gasteiger partial charge on any atom is -0.492 e. The van der Waals surface area contributed by atoms with Crippen LogP contribution in [0.2, 0.25) is 0 Å². The number of nitrogens with zero attached hydrogens (tertiary/aromatic N) is 1. The van der Waals surface area contributed by atoms with Gasteiger partial charge in [0, 0.05) is 13.1 Å². The van der Waals surface area contributed by atoms with Crippen molar-refractivity contribution >= 4 is 6.08 Å². The molecule has 1 aromatic carbocycles. The van der Waals surface area contributed by atoms with Crippen LogP contribution < -0.4 is 10.1 Å². The van der Waals surface area contributed by atoms with Gasteiger partial charge in [0.15, 0.2) is 0 Å². The smallest absolute Gasteiger partial charge is 0.119 e. The first-order valence-corrected chi connectivity index (χ1v) is 6.87. The second kappa shape index (κ2) is 8.73. The minimum absolute atomic E-state index is 0.724. The van der Waals surface area contributed by atoms with Crippen LogP contribution in [0, 0.1) is 0 Å². The molecular weight excluding hydrogens is 236 g/mol. The number of ether oxygens (including phenoxy) is 1. The van der Waals surface area contributed by atoms with Crippen molar-refractivity contribution in [3.05, 3.63) is 35.4 Å². The third-order valence-electron chi connectivity index (χ3n) is 2.75. The number of rotatable bonds is 8. The molecule has 0 aliphatic rings. The highest BCUT2D eigenvalue weighted by atomic mass is 16.5. The minimum atomic E-state index is 0.724. The van der Waals surface area contributed by atoms with Crippen molar-refractivity contribution in [2.24, 2.45) is 0 Å². The molecule has 0 aliphatic heterocycles. The standard InChI is InChI=1S/C16H26N2O/c1-5-17-13-14(2)12-15-6-8-16(9-7-15)19-11-10-18(3)4/h6-9,12,17H,5,10-11,13H2,1-4H3. The summed E-state index contributed by atoms with van der Waals surface area (Å²) in [5.41, 5.74) is 2.55. The lowest BCUT2D eigenvalue weighted by atomic mass is 10.1. The average Bonchev–Trinajstić information content (AvgIpc) is 2.38. The van der Waals surface area contributed by atoms with E-state index in [1.54, 1.807) is 0 Å². The van der Waals surface area contributed by atoms with Gasteiger partial charge in [-0.1, -0.05) is 30.7 Å². The predicted octanol–water partition coefficient (Wildman–Crippen LogP) is 2.64. The van der Waals surface area contributed by atoms with Gasteiger partial charge in [-0.05, 0) is 45.3 Å². The summed E-state index contributed by atoms with van der Waals surface area (Å²) in [6.45, 7) is 7.86. The summed E-state index contributed by atoms with van der Waals surface area (Å²) < 4.78 is 5.67. The third kappa shape index (κ3) is 6.99. The zero-order chi connectivity index (χ0) is 14.1. The fourth-order valence-corrected chi connectivity index (χ4v) is 1.66. The largest absolute Gasteiger partial charge is 0.492 e. The molecule has 0 saturated carbocycles. The van der Waals surface area contributed by atoms with Crippen LogP contribution in [-0.2, 0) is 0 Å². The Morgan fingerprint density at radius 1 is 1.26 bits per heavy atom. The van der Waals surface area contributed by atoms with Crippen LogP contribution in [0.1, 0.15) is 19.4 Å². The number of hydrogen-bond acceptors (Lipinski definition) is 3. The molecule has 0 atom stereocenters. The molecule has 0 saturated heterocycles. The lowest BCUT2D eigenvalue weighted by Gasteiger charge is -2.11. The Labute approximate surface area is 117 Å². The number of benzene rings is 1. The van der Waals surface area contributed by atoms with Crippen molar-refractivity contribution in [1.82, 2.24) is 10.2 Å². The van der Waals surface area contributed by atoms with Gasteiger partial charge in [0.05, 0.1) is 0 Å². The molecule has 0 aliphatic carbocycles. The Balaban J connectivity index is 2.47. The Kier molecular flexibility index (Phi) is 7.23. The molecule has 1 rings (SSSR count). The molecule has 3 heteroatoms. The third-order valence-corrected chi connectivity index (χ3v) is 2.75. The maximum absolute atomic E-state index is 5.67. The second-order valence-corrected chi connectivity index (χ2v) is 4.99. The van der Waals surface area contributed by atoms with Crippen LogP contribution in [0.3, 0.4) is 0 Å². The fraction of sp³-hybridized carbons (Fsp3) is 0.500. The molecule has 0 amide bonds. The molecule has 0 unspecified atom stereocenters. The monoisotopic (exact) mass is 262 g/mol. The highest BCUT2D eigenvalue weighted by Crippen LogP contribution is 2.14. The van der Waals surface area contributed by atoms with E-state index in [-0.39, 0.29) is 0 Å². The highest BCUT2D eigenvalue weighted by Gasteiger charge is 1.96. The van der Waals surface area contributed by atoms with Gasteiger partial charge in [-0.2, -0.15) is 0 Å². The molecule has 19 heavy (non-hydrogen) atoms. The summed E-state index contributed by atoms with van der Waals surface area (Å²) in [5, 5.41) is 3.32. The number of nitrogens with one attached hydrogen (secondary N) is 1. The molecule has 1 N–H and O–H groups in total. The molecule has 0 radical (unpaired) electrons. The predicted molar refractivity (Wildman–Crippen MR) is 82.7 cm³/mol. The van der Waals surface area contributed by atoms with E-state index in [0.717, 1.165) is 32.0 Å². The van der Waals surface area contributed by atoms with Gasteiger partial charge in [0.2, 0.25) is 0 Å². The van der Waals surface area contributed by atoms with Gasteiger partial charge in [0.1, 0.15) is 12.4 Å². The van der Waals surface area contributed by atoms with Crippen molar-refractivity contribution in [1.29, 1.82) is 0 Å². The van der Waals surface area contributed by atoms with Crippen molar-refractivity contribution in [2.45, 2.75) is 13.8 Å². The van der Waals surface area contributed by atoms with Crippen LogP contribution in [0.4, 0.5) is 0 Å². The van der Waals surface area contributed by atoms with E-state index >= 15 is 0 Å². The van der Waals surface area contributed by atoms with E-state index < -0.39 is 0 Å². The maximum atomic E-state index is 5.67. The van der Waals surface area contributed by atoms with E-state index in [4.69, 9.17) is 4.74 Å². The van der Waals surface area contributed by atoms with Crippen LogP contribution in [0.25, 0.3) is 6.08 Å². The topological polar surface area (TPSA) is 24.5 Å². The van der Waals surface area contributed by atoms with Crippen molar-refractivity contribution in [3.8, 4) is 5.75 Å². The van der Waals surface area contributed by atoms with E-state index in [1.165, 1.54) is 11.1 Å². The molecule has 0 heterocycles. The summed E-state index contributed by atoms with van der Waals surface area (Å²) in [5.74, 6) is 0.934. The van der Waals surface area contributed by atoms with E-state index in [2.05, 4.69) is 42.3 Å². The Hall–Kier alpha value is -1.32. The lowest BCUT2D eigenvalue weighted by molar-refractivity contribution is 0.261. The van der Waals surface area contributed by atoms with Crippen molar-refractivity contribution in [3.63, 3.8) is 0 Å². The first-order valence-electron chi connectivity index (χ1n) is 6.87. The van der Waals surface area contributed by atoms with Crippen molar-refractivity contribution in [2.75, 3.05) is 40.3 Å². The molecule has 0 bridgehead atoms. The van der Waals surface area contributed by atoms with Gasteiger partial charge in [0.25, 0.3) is 0 Å². The van der Waals surface area contributed by atoms with Crippen LogP contribution >= 0.6 is 0 Å². The normalized spacial score (nSPS) is 11.9. The quantitative estimate of drug-likeness (QED) is 0.779. The molecule has 0 aromatic heterocycles. The van der Waals surface area contributed by atoms with E-state index in [9.17, 15) is 0 Å². The second-order valence-electron chi connectivity index (χ2n) is 4.99. The number of hydrogen-bond donors (Lipinski definition) is 1. The van der Waals surface area contributed by atoms with Crippen LogP contribution in [0.5, 0.6) is 5.75 Å². The fourth-order valence-electron chi connectivity index (χ4n) is 1.66. The van der Waals surface area contributed by atoms with Gasteiger partial charge in [-0.15, -0.1) is 0 Å². The van der Waals surface area contributed by atoms with Crippen LogP contribution in [0.15, 0.2) is 29.8 Å². The molecule has 3 nitrogen and oxygen atoms in total. The zero-order valence-electron chi connectivity index (χ0n) is 12.6. The summed E-state index contributed by atoms with van der Waals surface area (Å²) >= 11 is 0. The molecule has 0 spiro atoms. The van der Waals surface area contributed by atoms with Gasteiger partial charge >= 0.3 is 0 Å². The highest BCUT2D eigenvalue weighted by molar-refractivity contribution is 5.53. The van der Waals surface area contributed by atoms with Gasteiger partial charge < -0.3 is 15.0 Å². The Morgan fingerprint density at radius 2 is 1.95 bits per heavy atom. The Morgan fingerprint density at radius 3 is 2.53 bits per heavy atom. The van der Waals surface area contributed by atoms with Crippen molar-refractivity contribution < 1.29 is 4.74 Å². The average molecular weight is 262 g/mol. The van der Waals surface area contributed by atoms with E-state index in [0.29, 0.717) is 0 Å².